The molecule has 1 saturated heterocycles. The summed E-state index contributed by atoms with van der Waals surface area (Å²) in [4.78, 5) is 16.8. The van der Waals surface area contributed by atoms with Gasteiger partial charge in [-0.3, -0.25) is 5.26 Å². The molecule has 5 nitrogen and oxygen atoms in total. The zero-order valence-corrected chi connectivity index (χ0v) is 15.5. The molecule has 0 radical (unpaired) electrons. The fourth-order valence-corrected chi connectivity index (χ4v) is 3.70. The lowest BCUT2D eigenvalue weighted by molar-refractivity contribution is -0.303. The molecule has 0 amide bonds. The number of carbonyl (C=O) groups is 1. The zero-order valence-electron chi connectivity index (χ0n) is 15.5. The minimum absolute atomic E-state index is 0.126. The van der Waals surface area contributed by atoms with Crippen LogP contribution in [0.4, 0.5) is 0 Å². The lowest BCUT2D eigenvalue weighted by Gasteiger charge is -2.23. The number of allylic oxidation sites excluding steroid dienone is 1. The van der Waals surface area contributed by atoms with Crippen LogP contribution in [0.25, 0.3) is 0 Å². The van der Waals surface area contributed by atoms with Crippen molar-refractivity contribution in [3.8, 4) is 0 Å². The van der Waals surface area contributed by atoms with Crippen LogP contribution in [0, 0.1) is 0 Å². The van der Waals surface area contributed by atoms with E-state index in [1.54, 1.807) is 6.92 Å². The molecule has 0 bridgehead atoms. The second kappa shape index (κ2) is 6.71. The summed E-state index contributed by atoms with van der Waals surface area (Å²) in [5.74, 6) is -0.256. The Hall–Kier alpha value is -1.43. The highest BCUT2D eigenvalue weighted by Crippen LogP contribution is 2.43. The van der Waals surface area contributed by atoms with Gasteiger partial charge in [0, 0.05) is 5.57 Å². The van der Waals surface area contributed by atoms with E-state index in [9.17, 15) is 10.1 Å². The summed E-state index contributed by atoms with van der Waals surface area (Å²) in [7, 11) is 0. The third-order valence-electron chi connectivity index (χ3n) is 5.73. The molecule has 5 heteroatoms. The maximum absolute atomic E-state index is 12.0. The van der Waals surface area contributed by atoms with E-state index < -0.39 is 5.60 Å². The Morgan fingerprint density at radius 2 is 2.04 bits per heavy atom. The van der Waals surface area contributed by atoms with Gasteiger partial charge in [-0.25, -0.2) is 9.68 Å². The number of rotatable bonds is 1. The molecule has 3 aliphatic rings. The Labute approximate surface area is 149 Å². The van der Waals surface area contributed by atoms with Gasteiger partial charge in [-0.2, -0.15) is 0 Å². The van der Waals surface area contributed by atoms with Gasteiger partial charge in [0.25, 0.3) is 0 Å². The molecule has 4 atom stereocenters. The molecule has 25 heavy (non-hydrogen) atoms. The molecule has 0 saturated carbocycles. The van der Waals surface area contributed by atoms with Gasteiger partial charge < -0.3 is 9.47 Å². The Kier molecular flexibility index (Phi) is 4.93. The van der Waals surface area contributed by atoms with Crippen LogP contribution in [0.15, 0.2) is 34.9 Å². The van der Waals surface area contributed by atoms with Gasteiger partial charge in [0.2, 0.25) is 0 Å². The highest BCUT2D eigenvalue weighted by Gasteiger charge is 2.50. The van der Waals surface area contributed by atoms with Gasteiger partial charge in [0.15, 0.2) is 0 Å². The number of esters is 1. The topological polar surface area (TPSA) is 68.3 Å². The Bertz CT molecular complexity index is 646. The monoisotopic (exact) mass is 348 g/mol. The summed E-state index contributed by atoms with van der Waals surface area (Å²) < 4.78 is 11.4. The van der Waals surface area contributed by atoms with Crippen molar-refractivity contribution in [2.45, 2.75) is 83.2 Å². The van der Waals surface area contributed by atoms with Crippen molar-refractivity contribution in [2.75, 3.05) is 0 Å². The zero-order chi connectivity index (χ0) is 18.2. The van der Waals surface area contributed by atoms with Crippen LogP contribution >= 0.6 is 0 Å². The van der Waals surface area contributed by atoms with Gasteiger partial charge in [0.1, 0.15) is 11.7 Å². The smallest absolute Gasteiger partial charge is 0.334 e. The number of fused-ring (bicyclic) bond motifs is 2. The molecule has 0 aromatic rings. The van der Waals surface area contributed by atoms with Crippen molar-refractivity contribution >= 4 is 5.97 Å². The van der Waals surface area contributed by atoms with Gasteiger partial charge in [0.05, 0.1) is 11.7 Å². The molecule has 0 aromatic carbocycles. The Balaban J connectivity index is 1.87. The predicted molar refractivity (Wildman–Crippen MR) is 94.0 cm³/mol. The normalized spacial score (nSPS) is 39.2. The first-order valence-electron chi connectivity index (χ1n) is 9.02. The fourth-order valence-electron chi connectivity index (χ4n) is 3.70. The summed E-state index contributed by atoms with van der Waals surface area (Å²) >= 11 is 0. The first kappa shape index (κ1) is 18.4. The molecule has 2 heterocycles. The van der Waals surface area contributed by atoms with Crippen LogP contribution in [-0.2, 0) is 19.2 Å². The van der Waals surface area contributed by atoms with E-state index in [0.29, 0.717) is 18.4 Å². The number of ether oxygens (including phenoxy) is 2. The van der Waals surface area contributed by atoms with Crippen LogP contribution < -0.4 is 0 Å². The Morgan fingerprint density at radius 1 is 1.28 bits per heavy atom. The predicted octanol–water partition coefficient (Wildman–Crippen LogP) is 4.10. The first-order valence-corrected chi connectivity index (χ1v) is 9.02. The Morgan fingerprint density at radius 3 is 2.76 bits per heavy atom. The highest BCUT2D eigenvalue weighted by molar-refractivity contribution is 5.92. The van der Waals surface area contributed by atoms with E-state index >= 15 is 0 Å². The minimum Gasteiger partial charge on any atom is -0.450 e. The average Bonchev–Trinajstić information content (AvgIpc) is 3.13. The molecule has 0 aromatic heterocycles. The van der Waals surface area contributed by atoms with Crippen LogP contribution in [0.3, 0.4) is 0 Å². The molecule has 1 aliphatic carbocycles. The SMILES string of the molecule is CC1=C[C@H]2OC(=O)C(C)=C2CC[C@](C)(OO)C=CC[C@@]2(C)O[C@@H]2CC1. The van der Waals surface area contributed by atoms with Crippen LogP contribution in [-0.4, -0.2) is 34.6 Å². The average molecular weight is 348 g/mol. The van der Waals surface area contributed by atoms with Crippen molar-refractivity contribution in [3.05, 3.63) is 34.9 Å². The standard InChI is InChI=1S/C20H28O5/c1-13-6-7-17-20(4,24-17)10-5-9-19(3,25-22)11-8-15-14(2)18(21)23-16(15)12-13/h5,9,12,16-17,22H,6-8,10-11H2,1-4H3/t16-,17-,19-,20-/m1/s1. The van der Waals surface area contributed by atoms with Gasteiger partial charge in [-0.15, -0.1) is 0 Å². The number of hydrogen-bond donors (Lipinski definition) is 1. The number of epoxide rings is 1. The quantitative estimate of drug-likeness (QED) is 0.254. The summed E-state index contributed by atoms with van der Waals surface area (Å²) in [6.07, 6.45) is 9.78. The first-order chi connectivity index (χ1) is 11.8. The molecule has 1 fully saturated rings. The molecule has 0 spiro atoms. The van der Waals surface area contributed by atoms with E-state index in [1.807, 2.05) is 25.2 Å². The van der Waals surface area contributed by atoms with Crippen molar-refractivity contribution in [2.24, 2.45) is 0 Å². The summed E-state index contributed by atoms with van der Waals surface area (Å²) in [5, 5.41) is 9.39. The molecule has 2 aliphatic heterocycles. The van der Waals surface area contributed by atoms with Crippen molar-refractivity contribution < 1.29 is 24.4 Å². The van der Waals surface area contributed by atoms with E-state index in [4.69, 9.17) is 14.4 Å². The second-order valence-electron chi connectivity index (χ2n) is 7.96. The van der Waals surface area contributed by atoms with Crippen molar-refractivity contribution in [1.29, 1.82) is 0 Å². The van der Waals surface area contributed by atoms with Gasteiger partial charge >= 0.3 is 5.97 Å². The number of hydrogen-bond acceptors (Lipinski definition) is 5. The van der Waals surface area contributed by atoms with E-state index in [0.717, 1.165) is 24.8 Å². The largest absolute Gasteiger partial charge is 0.450 e. The van der Waals surface area contributed by atoms with Crippen LogP contribution in [0.1, 0.15) is 59.8 Å². The van der Waals surface area contributed by atoms with Crippen molar-refractivity contribution in [1.82, 2.24) is 0 Å². The molecular formula is C20H28O5. The maximum atomic E-state index is 12.0. The third-order valence-corrected chi connectivity index (χ3v) is 5.73. The lowest BCUT2D eigenvalue weighted by atomic mass is 9.90. The van der Waals surface area contributed by atoms with Crippen LogP contribution in [0.5, 0.6) is 0 Å². The fraction of sp³-hybridized carbons (Fsp3) is 0.650. The van der Waals surface area contributed by atoms with Gasteiger partial charge in [-0.1, -0.05) is 17.7 Å². The molecule has 0 unspecified atom stereocenters. The lowest BCUT2D eigenvalue weighted by Crippen LogP contribution is -2.26. The van der Waals surface area contributed by atoms with Crippen molar-refractivity contribution in [3.63, 3.8) is 0 Å². The highest BCUT2D eigenvalue weighted by atomic mass is 17.1. The second-order valence-corrected chi connectivity index (χ2v) is 7.96. The molecular weight excluding hydrogens is 320 g/mol. The summed E-state index contributed by atoms with van der Waals surface area (Å²) in [6, 6.07) is 0. The van der Waals surface area contributed by atoms with Crippen LogP contribution in [0.2, 0.25) is 0 Å². The van der Waals surface area contributed by atoms with Gasteiger partial charge in [-0.05, 0) is 71.4 Å². The molecule has 3 rings (SSSR count). The third kappa shape index (κ3) is 3.89. The van der Waals surface area contributed by atoms with E-state index in [1.165, 1.54) is 5.57 Å². The van der Waals surface area contributed by atoms with E-state index in [2.05, 4.69) is 13.8 Å². The van der Waals surface area contributed by atoms with E-state index in [-0.39, 0.29) is 23.8 Å². The molecule has 1 N–H and O–H groups in total. The summed E-state index contributed by atoms with van der Waals surface area (Å²) in [6.45, 7) is 7.84. The number of carbonyl (C=O) groups excluding carboxylic acids is 1. The minimum atomic E-state index is -0.799. The maximum Gasteiger partial charge on any atom is 0.334 e. The summed E-state index contributed by atoms with van der Waals surface area (Å²) in [5.41, 5.74) is 1.93. The molecule has 138 valence electrons.